The highest BCUT2D eigenvalue weighted by atomic mass is 32.2. The summed E-state index contributed by atoms with van der Waals surface area (Å²) in [5.74, 6) is -0.564. The molecule has 0 aliphatic heterocycles. The third kappa shape index (κ3) is 2.82. The number of hydrogen-bond donors (Lipinski definition) is 0. The van der Waals surface area contributed by atoms with Gasteiger partial charge >= 0.3 is 0 Å². The summed E-state index contributed by atoms with van der Waals surface area (Å²) >= 11 is 0. The summed E-state index contributed by atoms with van der Waals surface area (Å²) in [5, 5.41) is 0. The quantitative estimate of drug-likeness (QED) is 0.867. The molecule has 0 heterocycles. The van der Waals surface area contributed by atoms with E-state index in [0.717, 1.165) is 11.6 Å². The average Bonchev–Trinajstić information content (AvgIpc) is 2.39. The van der Waals surface area contributed by atoms with Crippen LogP contribution in [0.25, 0.3) is 0 Å². The van der Waals surface area contributed by atoms with E-state index < -0.39 is 15.8 Å². The fraction of sp³-hybridized carbons (Fsp3) is 0.200. The van der Waals surface area contributed by atoms with E-state index in [0.29, 0.717) is 5.69 Å². The zero-order chi connectivity index (χ0) is 14.8. The van der Waals surface area contributed by atoms with E-state index in [9.17, 15) is 12.8 Å². The minimum Gasteiger partial charge on any atom is -0.267 e. The van der Waals surface area contributed by atoms with Crippen molar-refractivity contribution in [1.29, 1.82) is 0 Å². The maximum Gasteiger partial charge on any atom is 0.264 e. The van der Waals surface area contributed by atoms with Crippen molar-refractivity contribution in [2.45, 2.75) is 18.7 Å². The molecule has 2 rings (SSSR count). The Kier molecular flexibility index (Phi) is 4.09. The number of rotatable bonds is 4. The first kappa shape index (κ1) is 14.5. The number of halogens is 1. The lowest BCUT2D eigenvalue weighted by Crippen LogP contribution is -2.30. The molecule has 0 fully saturated rings. The van der Waals surface area contributed by atoms with E-state index in [1.54, 1.807) is 25.1 Å². The van der Waals surface area contributed by atoms with E-state index in [1.807, 2.05) is 13.0 Å². The Bertz CT molecular complexity index is 713. The minimum atomic E-state index is -3.75. The van der Waals surface area contributed by atoms with Crippen LogP contribution in [0.3, 0.4) is 0 Å². The van der Waals surface area contributed by atoms with Gasteiger partial charge in [0.25, 0.3) is 10.0 Å². The van der Waals surface area contributed by atoms with Crippen LogP contribution in [0, 0.1) is 12.7 Å². The molecule has 0 aromatic heterocycles. The number of anilines is 1. The molecular formula is C15H16FNO2S. The Morgan fingerprint density at radius 2 is 1.80 bits per heavy atom. The van der Waals surface area contributed by atoms with Crippen molar-refractivity contribution in [3.8, 4) is 0 Å². The van der Waals surface area contributed by atoms with Gasteiger partial charge in [-0.1, -0.05) is 18.2 Å². The molecule has 0 spiro atoms. The second-order valence-corrected chi connectivity index (χ2v) is 6.33. The average molecular weight is 293 g/mol. The molecule has 0 aliphatic carbocycles. The first-order chi connectivity index (χ1) is 9.45. The maximum absolute atomic E-state index is 13.2. The summed E-state index contributed by atoms with van der Waals surface area (Å²) < 4.78 is 39.7. The zero-order valence-electron chi connectivity index (χ0n) is 11.4. The summed E-state index contributed by atoms with van der Waals surface area (Å²) in [6.45, 7) is 3.92. The monoisotopic (exact) mass is 293 g/mol. The highest BCUT2D eigenvalue weighted by Gasteiger charge is 2.23. The van der Waals surface area contributed by atoms with Gasteiger partial charge in [-0.25, -0.2) is 12.8 Å². The number of aryl methyl sites for hydroxylation is 1. The summed E-state index contributed by atoms with van der Waals surface area (Å²) in [7, 11) is -3.75. The Hall–Kier alpha value is -1.88. The van der Waals surface area contributed by atoms with Crippen molar-refractivity contribution in [1.82, 2.24) is 0 Å². The van der Waals surface area contributed by atoms with Crippen LogP contribution >= 0.6 is 0 Å². The van der Waals surface area contributed by atoms with Crippen molar-refractivity contribution in [3.63, 3.8) is 0 Å². The van der Waals surface area contributed by atoms with Crippen LogP contribution in [0.4, 0.5) is 10.1 Å². The van der Waals surface area contributed by atoms with Crippen LogP contribution in [-0.2, 0) is 10.0 Å². The van der Waals surface area contributed by atoms with Crippen molar-refractivity contribution < 1.29 is 12.8 Å². The SMILES string of the molecule is CCN(c1cccc(C)c1)S(=O)(=O)c1cccc(F)c1. The molecule has 0 saturated carbocycles. The minimum absolute atomic E-state index is 0.0409. The molecule has 5 heteroatoms. The van der Waals surface area contributed by atoms with Gasteiger partial charge in [0.2, 0.25) is 0 Å². The summed E-state index contributed by atoms with van der Waals surface area (Å²) in [4.78, 5) is -0.0409. The molecule has 0 bridgehead atoms. The predicted molar refractivity (Wildman–Crippen MR) is 77.8 cm³/mol. The first-order valence-electron chi connectivity index (χ1n) is 6.30. The number of nitrogens with zero attached hydrogens (tertiary/aromatic N) is 1. The van der Waals surface area contributed by atoms with Crippen LogP contribution in [0.2, 0.25) is 0 Å². The van der Waals surface area contributed by atoms with Crippen LogP contribution < -0.4 is 4.31 Å². The van der Waals surface area contributed by atoms with Gasteiger partial charge in [-0.05, 0) is 49.7 Å². The molecule has 0 N–H and O–H groups in total. The van der Waals surface area contributed by atoms with Gasteiger partial charge in [0, 0.05) is 6.54 Å². The molecule has 0 aliphatic rings. The fourth-order valence-corrected chi connectivity index (χ4v) is 3.53. The Morgan fingerprint density at radius 3 is 2.40 bits per heavy atom. The molecule has 106 valence electrons. The van der Waals surface area contributed by atoms with E-state index in [2.05, 4.69) is 0 Å². The maximum atomic E-state index is 13.2. The molecular weight excluding hydrogens is 277 g/mol. The summed E-state index contributed by atoms with van der Waals surface area (Å²) in [6.07, 6.45) is 0. The van der Waals surface area contributed by atoms with Crippen LogP contribution in [-0.4, -0.2) is 15.0 Å². The van der Waals surface area contributed by atoms with Gasteiger partial charge in [-0.15, -0.1) is 0 Å². The van der Waals surface area contributed by atoms with Gasteiger partial charge in [-0.3, -0.25) is 4.31 Å². The second kappa shape index (κ2) is 5.63. The molecule has 20 heavy (non-hydrogen) atoms. The lowest BCUT2D eigenvalue weighted by Gasteiger charge is -2.23. The molecule has 0 saturated heterocycles. The van der Waals surface area contributed by atoms with E-state index in [1.165, 1.54) is 22.5 Å². The molecule has 0 unspecified atom stereocenters. The third-order valence-corrected chi connectivity index (χ3v) is 4.86. The normalized spacial score (nSPS) is 11.3. The van der Waals surface area contributed by atoms with Gasteiger partial charge < -0.3 is 0 Å². The van der Waals surface area contributed by atoms with Crippen LogP contribution in [0.1, 0.15) is 12.5 Å². The van der Waals surface area contributed by atoms with Crippen molar-refractivity contribution in [3.05, 3.63) is 59.9 Å². The van der Waals surface area contributed by atoms with Gasteiger partial charge in [0.15, 0.2) is 0 Å². The van der Waals surface area contributed by atoms with E-state index in [4.69, 9.17) is 0 Å². The molecule has 3 nitrogen and oxygen atoms in total. The van der Waals surface area contributed by atoms with Crippen LogP contribution in [0.5, 0.6) is 0 Å². The molecule has 2 aromatic carbocycles. The number of hydrogen-bond acceptors (Lipinski definition) is 2. The first-order valence-corrected chi connectivity index (χ1v) is 7.74. The van der Waals surface area contributed by atoms with Crippen molar-refractivity contribution in [2.75, 3.05) is 10.8 Å². The van der Waals surface area contributed by atoms with Gasteiger partial charge in [0.05, 0.1) is 10.6 Å². The Balaban J connectivity index is 2.50. The lowest BCUT2D eigenvalue weighted by atomic mass is 10.2. The zero-order valence-corrected chi connectivity index (χ0v) is 12.2. The predicted octanol–water partition coefficient (Wildman–Crippen LogP) is 3.35. The summed E-state index contributed by atoms with van der Waals surface area (Å²) in [5.41, 5.74) is 1.55. The topological polar surface area (TPSA) is 37.4 Å². The largest absolute Gasteiger partial charge is 0.267 e. The Morgan fingerprint density at radius 1 is 1.10 bits per heavy atom. The lowest BCUT2D eigenvalue weighted by molar-refractivity contribution is 0.587. The molecule has 0 radical (unpaired) electrons. The molecule has 0 amide bonds. The molecule has 0 atom stereocenters. The number of sulfonamides is 1. The van der Waals surface area contributed by atoms with Gasteiger partial charge in [-0.2, -0.15) is 0 Å². The van der Waals surface area contributed by atoms with Gasteiger partial charge in [0.1, 0.15) is 5.82 Å². The highest BCUT2D eigenvalue weighted by molar-refractivity contribution is 7.92. The van der Waals surface area contributed by atoms with E-state index >= 15 is 0 Å². The number of benzene rings is 2. The van der Waals surface area contributed by atoms with Crippen LogP contribution in [0.15, 0.2) is 53.4 Å². The van der Waals surface area contributed by atoms with Crippen molar-refractivity contribution in [2.24, 2.45) is 0 Å². The summed E-state index contributed by atoms with van der Waals surface area (Å²) in [6, 6.07) is 12.3. The standard InChI is InChI=1S/C15H16FNO2S/c1-3-17(14-8-4-6-12(2)10-14)20(18,19)15-9-5-7-13(16)11-15/h4-11H,3H2,1-2H3. The van der Waals surface area contributed by atoms with E-state index in [-0.39, 0.29) is 11.4 Å². The fourth-order valence-electron chi connectivity index (χ4n) is 2.03. The smallest absolute Gasteiger partial charge is 0.264 e. The Labute approximate surface area is 118 Å². The van der Waals surface area contributed by atoms with Crippen molar-refractivity contribution >= 4 is 15.7 Å². The third-order valence-electron chi connectivity index (χ3n) is 2.96. The highest BCUT2D eigenvalue weighted by Crippen LogP contribution is 2.24. The second-order valence-electron chi connectivity index (χ2n) is 4.47. The molecule has 2 aromatic rings.